The van der Waals surface area contributed by atoms with Gasteiger partial charge in [-0.15, -0.1) is 0 Å². The second-order valence-corrected chi connectivity index (χ2v) is 5.49. The summed E-state index contributed by atoms with van der Waals surface area (Å²) in [6, 6.07) is 7.92. The quantitative estimate of drug-likeness (QED) is 0.854. The minimum Gasteiger partial charge on any atom is -0.357 e. The molecule has 100 valence electrons. The number of nitrogens with one attached hydrogen (secondary N) is 1. The average molecular weight is 257 g/mol. The average Bonchev–Trinajstić information content (AvgIpc) is 2.76. The van der Waals surface area contributed by atoms with Gasteiger partial charge in [0.1, 0.15) is 0 Å². The lowest BCUT2D eigenvalue weighted by atomic mass is 10.1. The first-order chi connectivity index (χ1) is 9.11. The third-order valence-electron chi connectivity index (χ3n) is 3.74. The van der Waals surface area contributed by atoms with Gasteiger partial charge in [0.2, 0.25) is 0 Å². The maximum absolute atomic E-state index is 12.1. The van der Waals surface area contributed by atoms with Gasteiger partial charge in [-0.1, -0.05) is 11.6 Å². The van der Waals surface area contributed by atoms with Crippen LogP contribution in [0.5, 0.6) is 0 Å². The summed E-state index contributed by atoms with van der Waals surface area (Å²) in [4.78, 5) is 17.8. The van der Waals surface area contributed by atoms with Gasteiger partial charge in [-0.25, -0.2) is 0 Å². The molecule has 19 heavy (non-hydrogen) atoms. The molecule has 3 N–H and O–H groups in total. The van der Waals surface area contributed by atoms with Gasteiger partial charge in [0.15, 0.2) is 5.43 Å². The van der Waals surface area contributed by atoms with Crippen molar-refractivity contribution in [2.75, 3.05) is 13.1 Å². The van der Waals surface area contributed by atoms with Crippen molar-refractivity contribution in [3.63, 3.8) is 0 Å². The highest BCUT2D eigenvalue weighted by molar-refractivity contribution is 5.79. The molecule has 1 fully saturated rings. The van der Waals surface area contributed by atoms with Crippen LogP contribution >= 0.6 is 0 Å². The Kier molecular flexibility index (Phi) is 3.12. The van der Waals surface area contributed by atoms with Crippen LogP contribution in [0, 0.1) is 6.92 Å². The third-order valence-corrected chi connectivity index (χ3v) is 3.74. The lowest BCUT2D eigenvalue weighted by Gasteiger charge is -2.15. The van der Waals surface area contributed by atoms with E-state index < -0.39 is 0 Å². The molecule has 0 bridgehead atoms. The largest absolute Gasteiger partial charge is 0.357 e. The summed E-state index contributed by atoms with van der Waals surface area (Å²) < 4.78 is 0. The second-order valence-electron chi connectivity index (χ2n) is 5.49. The van der Waals surface area contributed by atoms with E-state index in [1.807, 2.05) is 25.1 Å². The lowest BCUT2D eigenvalue weighted by Crippen LogP contribution is -2.26. The van der Waals surface area contributed by atoms with Gasteiger partial charge in [0.25, 0.3) is 0 Å². The zero-order valence-corrected chi connectivity index (χ0v) is 11.1. The van der Waals surface area contributed by atoms with Crippen LogP contribution in [0.1, 0.15) is 17.7 Å². The van der Waals surface area contributed by atoms with Crippen LogP contribution in [0.3, 0.4) is 0 Å². The maximum Gasteiger partial charge on any atom is 0.189 e. The molecule has 4 heteroatoms. The maximum atomic E-state index is 12.1. The number of nitrogens with two attached hydrogens (primary N) is 1. The molecule has 2 aromatic rings. The fourth-order valence-electron chi connectivity index (χ4n) is 2.75. The van der Waals surface area contributed by atoms with E-state index >= 15 is 0 Å². The molecule has 1 aromatic carbocycles. The predicted octanol–water partition coefficient (Wildman–Crippen LogP) is 1.37. The van der Waals surface area contributed by atoms with Crippen molar-refractivity contribution in [3.05, 3.63) is 45.7 Å². The third kappa shape index (κ3) is 2.55. The van der Waals surface area contributed by atoms with Crippen molar-refractivity contribution < 1.29 is 0 Å². The first kappa shape index (κ1) is 12.4. The highest BCUT2D eigenvalue weighted by Crippen LogP contribution is 2.14. The molecule has 1 aromatic heterocycles. The Hall–Kier alpha value is -1.65. The number of likely N-dealkylation sites (tertiary alicyclic amines) is 1. The molecule has 1 atom stereocenters. The standard InChI is InChI=1S/C15H19N3O/c1-10-2-3-14-13(6-10)15(19)7-12(17-14)9-18-5-4-11(16)8-18/h2-3,6-7,11H,4-5,8-9,16H2,1H3,(H,17,19)/t11-/m1/s1. The number of hydrogen-bond donors (Lipinski definition) is 2. The second kappa shape index (κ2) is 4.79. The van der Waals surface area contributed by atoms with Crippen molar-refractivity contribution in [1.29, 1.82) is 0 Å². The molecule has 3 rings (SSSR count). The Labute approximate surface area is 112 Å². The molecular formula is C15H19N3O. The number of pyridine rings is 1. The van der Waals surface area contributed by atoms with Crippen LogP contribution in [-0.2, 0) is 6.54 Å². The van der Waals surface area contributed by atoms with Crippen LogP contribution in [0.2, 0.25) is 0 Å². The number of nitrogens with zero attached hydrogens (tertiary/aromatic N) is 1. The van der Waals surface area contributed by atoms with E-state index in [0.717, 1.165) is 48.2 Å². The molecule has 0 amide bonds. The van der Waals surface area contributed by atoms with Gasteiger partial charge in [0, 0.05) is 48.3 Å². The zero-order chi connectivity index (χ0) is 13.4. The van der Waals surface area contributed by atoms with Gasteiger partial charge in [-0.2, -0.15) is 0 Å². The normalized spacial score (nSPS) is 20.2. The fourth-order valence-corrected chi connectivity index (χ4v) is 2.75. The molecule has 0 aliphatic carbocycles. The van der Waals surface area contributed by atoms with Gasteiger partial charge < -0.3 is 10.7 Å². The molecule has 1 saturated heterocycles. The zero-order valence-electron chi connectivity index (χ0n) is 11.1. The van der Waals surface area contributed by atoms with Gasteiger partial charge in [0.05, 0.1) is 0 Å². The first-order valence-corrected chi connectivity index (χ1v) is 6.72. The summed E-state index contributed by atoms with van der Waals surface area (Å²) in [5.74, 6) is 0. The topological polar surface area (TPSA) is 62.1 Å². The van der Waals surface area contributed by atoms with Crippen LogP contribution in [0.4, 0.5) is 0 Å². The number of aromatic nitrogens is 1. The molecule has 0 saturated carbocycles. The first-order valence-electron chi connectivity index (χ1n) is 6.72. The predicted molar refractivity (Wildman–Crippen MR) is 77.2 cm³/mol. The van der Waals surface area contributed by atoms with E-state index in [1.54, 1.807) is 6.07 Å². The molecular weight excluding hydrogens is 238 g/mol. The molecule has 2 heterocycles. The minimum absolute atomic E-state index is 0.0935. The smallest absolute Gasteiger partial charge is 0.189 e. The molecule has 0 radical (unpaired) electrons. The molecule has 0 unspecified atom stereocenters. The highest BCUT2D eigenvalue weighted by Gasteiger charge is 2.19. The highest BCUT2D eigenvalue weighted by atomic mass is 16.1. The molecule has 0 spiro atoms. The van der Waals surface area contributed by atoms with Crippen molar-refractivity contribution in [2.24, 2.45) is 5.73 Å². The molecule has 1 aliphatic heterocycles. The Morgan fingerprint density at radius 2 is 2.26 bits per heavy atom. The summed E-state index contributed by atoms with van der Waals surface area (Å²) in [7, 11) is 0. The summed E-state index contributed by atoms with van der Waals surface area (Å²) in [5.41, 5.74) is 8.98. The van der Waals surface area contributed by atoms with Crippen molar-refractivity contribution >= 4 is 10.9 Å². The number of hydrogen-bond acceptors (Lipinski definition) is 3. The van der Waals surface area contributed by atoms with Crippen molar-refractivity contribution in [1.82, 2.24) is 9.88 Å². The van der Waals surface area contributed by atoms with Crippen LogP contribution in [-0.4, -0.2) is 29.0 Å². The Morgan fingerprint density at radius 3 is 3.00 bits per heavy atom. The van der Waals surface area contributed by atoms with Crippen LogP contribution in [0.15, 0.2) is 29.1 Å². The monoisotopic (exact) mass is 257 g/mol. The molecule has 4 nitrogen and oxygen atoms in total. The van der Waals surface area contributed by atoms with Crippen molar-refractivity contribution in [2.45, 2.75) is 25.9 Å². The Morgan fingerprint density at radius 1 is 1.42 bits per heavy atom. The number of H-pyrrole nitrogens is 1. The van der Waals surface area contributed by atoms with E-state index in [0.29, 0.717) is 0 Å². The summed E-state index contributed by atoms with van der Waals surface area (Å²) in [6.07, 6.45) is 1.04. The fraction of sp³-hybridized carbons (Fsp3) is 0.400. The minimum atomic E-state index is 0.0935. The Balaban J connectivity index is 1.93. The SMILES string of the molecule is Cc1ccc2[nH]c(CN3CC[C@@H](N)C3)cc(=O)c2c1. The number of rotatable bonds is 2. The van der Waals surface area contributed by atoms with Crippen molar-refractivity contribution in [3.8, 4) is 0 Å². The van der Waals surface area contributed by atoms with E-state index in [9.17, 15) is 4.79 Å². The summed E-state index contributed by atoms with van der Waals surface area (Å²) >= 11 is 0. The van der Waals surface area contributed by atoms with Crippen LogP contribution in [0.25, 0.3) is 10.9 Å². The summed E-state index contributed by atoms with van der Waals surface area (Å²) in [5, 5.41) is 0.766. The molecule has 1 aliphatic rings. The number of fused-ring (bicyclic) bond motifs is 1. The summed E-state index contributed by atoms with van der Waals surface area (Å²) in [6.45, 7) is 4.69. The van der Waals surface area contributed by atoms with E-state index in [2.05, 4.69) is 9.88 Å². The van der Waals surface area contributed by atoms with E-state index in [1.165, 1.54) is 0 Å². The lowest BCUT2D eigenvalue weighted by molar-refractivity contribution is 0.323. The number of benzene rings is 1. The number of aryl methyl sites for hydroxylation is 1. The number of aromatic amines is 1. The van der Waals surface area contributed by atoms with Gasteiger partial charge in [-0.05, 0) is 25.5 Å². The Bertz CT molecular complexity index is 662. The van der Waals surface area contributed by atoms with Gasteiger partial charge >= 0.3 is 0 Å². The van der Waals surface area contributed by atoms with Gasteiger partial charge in [-0.3, -0.25) is 9.69 Å². The van der Waals surface area contributed by atoms with E-state index in [4.69, 9.17) is 5.73 Å². The van der Waals surface area contributed by atoms with Crippen LogP contribution < -0.4 is 11.2 Å². The van der Waals surface area contributed by atoms with E-state index in [-0.39, 0.29) is 11.5 Å².